The molecule has 1 aliphatic heterocycles. The van der Waals surface area contributed by atoms with Crippen molar-refractivity contribution in [2.24, 2.45) is 0 Å². The summed E-state index contributed by atoms with van der Waals surface area (Å²) in [6.45, 7) is 3.64. The van der Waals surface area contributed by atoms with E-state index in [1.807, 2.05) is 32.0 Å². The number of halogens is 1. The lowest BCUT2D eigenvalue weighted by atomic mass is 9.83. The predicted molar refractivity (Wildman–Crippen MR) is 120 cm³/mol. The van der Waals surface area contributed by atoms with E-state index in [1.54, 1.807) is 30.3 Å². The number of methoxy groups -OCH3 is 1. The van der Waals surface area contributed by atoms with Gasteiger partial charge in [-0.25, -0.2) is 9.18 Å². The minimum atomic E-state index is -0.694. The molecule has 0 radical (unpaired) electrons. The molecule has 5 nitrogen and oxygen atoms in total. The van der Waals surface area contributed by atoms with Crippen LogP contribution in [-0.2, 0) is 22.6 Å². The second-order valence-corrected chi connectivity index (χ2v) is 8.25. The Morgan fingerprint density at radius 2 is 1.78 bits per heavy atom. The number of ketones is 1. The molecule has 4 rings (SSSR count). The van der Waals surface area contributed by atoms with E-state index in [-0.39, 0.29) is 18.8 Å². The summed E-state index contributed by atoms with van der Waals surface area (Å²) in [7, 11) is 1.47. The first-order valence-electron chi connectivity index (χ1n) is 10.3. The van der Waals surface area contributed by atoms with E-state index in [2.05, 4.69) is 5.32 Å². The van der Waals surface area contributed by atoms with Gasteiger partial charge in [0.25, 0.3) is 0 Å². The van der Waals surface area contributed by atoms with Gasteiger partial charge in [0, 0.05) is 29.3 Å². The summed E-state index contributed by atoms with van der Waals surface area (Å²) < 4.78 is 24.8. The van der Waals surface area contributed by atoms with E-state index in [4.69, 9.17) is 9.47 Å². The maximum Gasteiger partial charge on any atom is 0.338 e. The van der Waals surface area contributed by atoms with Crippen LogP contribution >= 0.6 is 0 Å². The molecule has 1 N–H and O–H groups in total. The molecule has 0 aromatic heterocycles. The highest BCUT2D eigenvalue weighted by Crippen LogP contribution is 2.40. The van der Waals surface area contributed by atoms with E-state index in [0.29, 0.717) is 22.4 Å². The van der Waals surface area contributed by atoms with Gasteiger partial charge in [0.1, 0.15) is 18.2 Å². The highest BCUT2D eigenvalue weighted by Gasteiger charge is 2.34. The minimum Gasteiger partial charge on any atom is -0.496 e. The number of hydrogen-bond acceptors (Lipinski definition) is 5. The van der Waals surface area contributed by atoms with Crippen LogP contribution in [0.1, 0.15) is 35.3 Å². The molecule has 0 bridgehead atoms. The summed E-state index contributed by atoms with van der Waals surface area (Å²) in [5, 5.41) is 3.28. The van der Waals surface area contributed by atoms with Gasteiger partial charge in [-0.15, -0.1) is 0 Å². The molecule has 0 unspecified atom stereocenters. The highest BCUT2D eigenvalue weighted by molar-refractivity contribution is 5.97. The molecule has 0 amide bonds. The van der Waals surface area contributed by atoms with Gasteiger partial charge in [0.15, 0.2) is 5.78 Å². The van der Waals surface area contributed by atoms with Crippen molar-refractivity contribution in [2.45, 2.75) is 32.4 Å². The molecule has 0 atom stereocenters. The fourth-order valence-electron chi connectivity index (χ4n) is 3.90. The number of carbonyl (C=O) groups is 2. The van der Waals surface area contributed by atoms with Gasteiger partial charge < -0.3 is 14.8 Å². The number of anilines is 1. The highest BCUT2D eigenvalue weighted by atomic mass is 19.1. The molecule has 3 aromatic rings. The van der Waals surface area contributed by atoms with Crippen LogP contribution in [0.2, 0.25) is 0 Å². The van der Waals surface area contributed by atoms with Crippen LogP contribution in [0, 0.1) is 5.82 Å². The van der Waals surface area contributed by atoms with Crippen LogP contribution in [0.4, 0.5) is 10.1 Å². The third-order valence-electron chi connectivity index (χ3n) is 5.72. The molecular weight excluding hydrogens is 409 g/mol. The van der Waals surface area contributed by atoms with Gasteiger partial charge in [0.05, 0.1) is 18.2 Å². The predicted octanol–water partition coefficient (Wildman–Crippen LogP) is 5.17. The Kier molecular flexibility index (Phi) is 5.70. The fraction of sp³-hybridized carbons (Fsp3) is 0.231. The number of fused-ring (bicyclic) bond motifs is 1. The van der Waals surface area contributed by atoms with Crippen LogP contribution in [0.15, 0.2) is 60.7 Å². The van der Waals surface area contributed by atoms with Crippen molar-refractivity contribution in [3.8, 4) is 16.9 Å². The van der Waals surface area contributed by atoms with Crippen LogP contribution in [-0.4, -0.2) is 24.4 Å². The van der Waals surface area contributed by atoms with Crippen molar-refractivity contribution in [1.82, 2.24) is 0 Å². The molecule has 1 aliphatic rings. The average Bonchev–Trinajstić information content (AvgIpc) is 2.78. The lowest BCUT2D eigenvalue weighted by Crippen LogP contribution is -2.45. The molecule has 3 aromatic carbocycles. The Balaban J connectivity index is 1.80. The monoisotopic (exact) mass is 433 g/mol. The van der Waals surface area contributed by atoms with Crippen molar-refractivity contribution >= 4 is 17.4 Å². The maximum atomic E-state index is 13.8. The number of rotatable bonds is 5. The van der Waals surface area contributed by atoms with Gasteiger partial charge in [-0.2, -0.15) is 0 Å². The van der Waals surface area contributed by atoms with E-state index < -0.39 is 17.3 Å². The van der Waals surface area contributed by atoms with Crippen LogP contribution < -0.4 is 10.1 Å². The van der Waals surface area contributed by atoms with Crippen molar-refractivity contribution in [3.63, 3.8) is 0 Å². The maximum absolute atomic E-state index is 13.8. The first-order chi connectivity index (χ1) is 15.3. The van der Waals surface area contributed by atoms with Crippen LogP contribution in [0.5, 0.6) is 5.75 Å². The molecule has 0 saturated carbocycles. The van der Waals surface area contributed by atoms with E-state index in [0.717, 1.165) is 16.8 Å². The molecule has 1 heterocycles. The van der Waals surface area contributed by atoms with Crippen LogP contribution in [0.3, 0.4) is 0 Å². The molecule has 0 fully saturated rings. The Morgan fingerprint density at radius 1 is 1.06 bits per heavy atom. The number of benzene rings is 3. The molecule has 0 spiro atoms. The largest absolute Gasteiger partial charge is 0.496 e. The Hall–Kier alpha value is -3.67. The van der Waals surface area contributed by atoms with Gasteiger partial charge in [0.2, 0.25) is 0 Å². The van der Waals surface area contributed by atoms with Crippen molar-refractivity contribution in [2.75, 3.05) is 12.4 Å². The zero-order chi connectivity index (χ0) is 22.9. The molecule has 0 saturated heterocycles. The summed E-state index contributed by atoms with van der Waals surface area (Å²) in [5.74, 6) is -0.491. The molecular formula is C26H24FNO4. The molecule has 6 heteroatoms. The lowest BCUT2D eigenvalue weighted by Gasteiger charge is -2.34. The minimum absolute atomic E-state index is 0.0313. The zero-order valence-electron chi connectivity index (χ0n) is 18.2. The number of hydrogen-bond donors (Lipinski definition) is 1. The Bertz CT molecular complexity index is 1190. The second kappa shape index (κ2) is 8.46. The van der Waals surface area contributed by atoms with Gasteiger partial charge >= 0.3 is 5.97 Å². The average molecular weight is 433 g/mol. The number of Topliss-reactive ketones (excluding diaryl/α,β-unsaturated/α-hetero) is 1. The summed E-state index contributed by atoms with van der Waals surface area (Å²) >= 11 is 0. The standard InChI is InChI=1S/C26H24FNO4/c1-26(2)24(29)14-20-21(15-32-25(30)16-7-5-4-6-8-16)18(11-12-22(20)28-26)19-10-9-17(27)13-23(19)31-3/h4-13,28H,14-15H2,1-3H3. The molecule has 0 aliphatic carbocycles. The normalized spacial score (nSPS) is 14.3. The summed E-state index contributed by atoms with van der Waals surface area (Å²) in [6.07, 6.45) is 0.199. The Morgan fingerprint density at radius 3 is 2.50 bits per heavy atom. The molecule has 32 heavy (non-hydrogen) atoms. The quantitative estimate of drug-likeness (QED) is 0.562. The van der Waals surface area contributed by atoms with Crippen LogP contribution in [0.25, 0.3) is 11.1 Å². The summed E-state index contributed by atoms with van der Waals surface area (Å²) in [5.41, 5.74) is 3.38. The van der Waals surface area contributed by atoms with E-state index >= 15 is 0 Å². The number of ether oxygens (including phenoxy) is 2. The summed E-state index contributed by atoms with van der Waals surface area (Å²) in [4.78, 5) is 25.4. The van der Waals surface area contributed by atoms with Gasteiger partial charge in [-0.05, 0) is 55.3 Å². The zero-order valence-corrected chi connectivity index (χ0v) is 18.2. The number of nitrogens with one attached hydrogen (secondary N) is 1. The second-order valence-electron chi connectivity index (χ2n) is 8.25. The summed E-state index contributed by atoms with van der Waals surface area (Å²) in [6, 6.07) is 16.8. The lowest BCUT2D eigenvalue weighted by molar-refractivity contribution is -0.122. The van der Waals surface area contributed by atoms with Gasteiger partial charge in [-0.1, -0.05) is 24.3 Å². The fourth-order valence-corrected chi connectivity index (χ4v) is 3.90. The number of carbonyl (C=O) groups excluding carboxylic acids is 2. The first kappa shape index (κ1) is 21.6. The topological polar surface area (TPSA) is 64.6 Å². The Labute approximate surface area is 186 Å². The smallest absolute Gasteiger partial charge is 0.338 e. The molecule has 164 valence electrons. The van der Waals surface area contributed by atoms with Crippen molar-refractivity contribution in [1.29, 1.82) is 0 Å². The third-order valence-corrected chi connectivity index (χ3v) is 5.72. The van der Waals surface area contributed by atoms with Gasteiger partial charge in [-0.3, -0.25) is 4.79 Å². The van der Waals surface area contributed by atoms with Crippen molar-refractivity contribution < 1.29 is 23.5 Å². The van der Waals surface area contributed by atoms with Crippen molar-refractivity contribution in [3.05, 3.63) is 83.2 Å². The SMILES string of the molecule is COc1cc(F)ccc1-c1ccc2c(c1COC(=O)c1ccccc1)CC(=O)C(C)(C)N2. The first-order valence-corrected chi connectivity index (χ1v) is 10.3. The third kappa shape index (κ3) is 4.08. The van der Waals surface area contributed by atoms with E-state index in [1.165, 1.54) is 19.2 Å². The number of esters is 1. The van der Waals surface area contributed by atoms with E-state index in [9.17, 15) is 14.0 Å².